The zero-order valence-electron chi connectivity index (χ0n) is 20.8. The summed E-state index contributed by atoms with van der Waals surface area (Å²) in [7, 11) is 1.91. The molecule has 0 bridgehead atoms. The van der Waals surface area contributed by atoms with Crippen LogP contribution in [-0.4, -0.2) is 25.7 Å². The van der Waals surface area contributed by atoms with Crippen molar-refractivity contribution < 1.29 is 17.9 Å². The van der Waals surface area contributed by atoms with E-state index < -0.39 is 6.36 Å². The van der Waals surface area contributed by atoms with Gasteiger partial charge in [-0.05, 0) is 73.1 Å². The van der Waals surface area contributed by atoms with Crippen molar-refractivity contribution in [1.82, 2.24) is 19.3 Å². The second-order valence-electron chi connectivity index (χ2n) is 10.6. The first kappa shape index (κ1) is 24.2. The van der Waals surface area contributed by atoms with Crippen LogP contribution in [0.2, 0.25) is 0 Å². The molecule has 6 nitrogen and oxygen atoms in total. The Bertz CT molecular complexity index is 1370. The lowest BCUT2D eigenvalue weighted by Gasteiger charge is -2.40. The standard InChI is InChI=1S/C27H30F3N5O/c1-17-13-20(16-26(2,3)15-17)35-24-10-5-18(23-11-12-31-34(23)4)14-22(24)33-25(35)32-19-6-8-21(9-7-19)36-27(28,29)30/h5-12,14,17,20H,13,15-16H2,1-4H3,(H,32,33)/t17-,20+/m1/s1. The fourth-order valence-corrected chi connectivity index (χ4v) is 5.73. The molecule has 36 heavy (non-hydrogen) atoms. The molecule has 0 radical (unpaired) electrons. The zero-order chi connectivity index (χ0) is 25.7. The summed E-state index contributed by atoms with van der Waals surface area (Å²) < 4.78 is 45.8. The topological polar surface area (TPSA) is 56.9 Å². The van der Waals surface area contributed by atoms with Crippen molar-refractivity contribution in [3.8, 4) is 17.0 Å². The van der Waals surface area contributed by atoms with Crippen LogP contribution < -0.4 is 10.1 Å². The number of anilines is 2. The Hall–Kier alpha value is -3.49. The Morgan fingerprint density at radius 1 is 1.06 bits per heavy atom. The summed E-state index contributed by atoms with van der Waals surface area (Å²) in [4.78, 5) is 4.95. The van der Waals surface area contributed by atoms with Gasteiger partial charge in [0.25, 0.3) is 0 Å². The maximum Gasteiger partial charge on any atom is 0.573 e. The van der Waals surface area contributed by atoms with Crippen molar-refractivity contribution in [3.05, 3.63) is 54.7 Å². The van der Waals surface area contributed by atoms with E-state index in [0.717, 1.165) is 35.1 Å². The quantitative estimate of drug-likeness (QED) is 0.311. The number of rotatable bonds is 5. The zero-order valence-corrected chi connectivity index (χ0v) is 20.8. The molecule has 1 aliphatic carbocycles. The largest absolute Gasteiger partial charge is 0.573 e. The first-order valence-electron chi connectivity index (χ1n) is 12.1. The van der Waals surface area contributed by atoms with Gasteiger partial charge in [0, 0.05) is 30.5 Å². The van der Waals surface area contributed by atoms with Crippen LogP contribution in [0.4, 0.5) is 24.8 Å². The summed E-state index contributed by atoms with van der Waals surface area (Å²) in [5.41, 5.74) is 4.72. The maximum atomic E-state index is 12.6. The van der Waals surface area contributed by atoms with Crippen molar-refractivity contribution in [3.63, 3.8) is 0 Å². The molecule has 2 aromatic heterocycles. The predicted molar refractivity (Wildman–Crippen MR) is 134 cm³/mol. The Labute approximate surface area is 208 Å². The van der Waals surface area contributed by atoms with E-state index >= 15 is 0 Å². The van der Waals surface area contributed by atoms with Gasteiger partial charge in [-0.1, -0.05) is 26.8 Å². The van der Waals surface area contributed by atoms with E-state index in [1.54, 1.807) is 18.3 Å². The maximum absolute atomic E-state index is 12.6. The van der Waals surface area contributed by atoms with Gasteiger partial charge < -0.3 is 14.6 Å². The number of fused-ring (bicyclic) bond motifs is 1. The summed E-state index contributed by atoms with van der Waals surface area (Å²) in [6.07, 6.45) is 0.261. The normalized spacial score (nSPS) is 20.0. The highest BCUT2D eigenvalue weighted by atomic mass is 19.4. The summed E-state index contributed by atoms with van der Waals surface area (Å²) >= 11 is 0. The summed E-state index contributed by atoms with van der Waals surface area (Å²) in [5, 5.41) is 7.63. The van der Waals surface area contributed by atoms with Crippen molar-refractivity contribution in [2.45, 2.75) is 52.4 Å². The molecule has 9 heteroatoms. The number of aromatic nitrogens is 4. The number of imidazole rings is 1. The molecule has 1 N–H and O–H groups in total. The van der Waals surface area contributed by atoms with Crippen molar-refractivity contribution in [2.75, 3.05) is 5.32 Å². The third-order valence-electron chi connectivity index (χ3n) is 6.88. The average molecular weight is 498 g/mol. The van der Waals surface area contributed by atoms with E-state index in [1.165, 1.54) is 18.6 Å². The number of nitrogens with zero attached hydrogens (tertiary/aromatic N) is 4. The Kier molecular flexibility index (Phi) is 5.97. The first-order chi connectivity index (χ1) is 17.0. The van der Waals surface area contributed by atoms with Gasteiger partial charge in [-0.2, -0.15) is 5.10 Å². The number of nitrogens with one attached hydrogen (secondary N) is 1. The van der Waals surface area contributed by atoms with E-state index in [1.807, 2.05) is 17.8 Å². The molecule has 0 saturated heterocycles. The third-order valence-corrected chi connectivity index (χ3v) is 6.88. The van der Waals surface area contributed by atoms with Gasteiger partial charge in [-0.3, -0.25) is 4.68 Å². The fourth-order valence-electron chi connectivity index (χ4n) is 5.73. The predicted octanol–water partition coefficient (Wildman–Crippen LogP) is 7.47. The first-order valence-corrected chi connectivity index (χ1v) is 12.1. The molecule has 190 valence electrons. The Balaban J connectivity index is 1.55. The van der Waals surface area contributed by atoms with Gasteiger partial charge in [-0.15, -0.1) is 13.2 Å². The molecule has 1 aliphatic rings. The van der Waals surface area contributed by atoms with E-state index in [4.69, 9.17) is 4.98 Å². The lowest BCUT2D eigenvalue weighted by molar-refractivity contribution is -0.274. The number of hydrogen-bond acceptors (Lipinski definition) is 4. The monoisotopic (exact) mass is 497 g/mol. The fraction of sp³-hybridized carbons (Fsp3) is 0.407. The van der Waals surface area contributed by atoms with Crippen LogP contribution in [0, 0.1) is 11.3 Å². The molecule has 0 aliphatic heterocycles. The molecule has 2 heterocycles. The Morgan fingerprint density at radius 2 is 1.81 bits per heavy atom. The second kappa shape index (κ2) is 8.87. The molecule has 4 aromatic rings. The third kappa shape index (κ3) is 5.05. The SMILES string of the molecule is C[C@@H]1C[C@H](n2c(Nc3ccc(OC(F)(F)F)cc3)nc3cc(-c4ccnn4C)ccc32)CC(C)(C)C1. The number of ether oxygens (including phenoxy) is 1. The van der Waals surface area contributed by atoms with Gasteiger partial charge in [-0.25, -0.2) is 4.98 Å². The smallest absolute Gasteiger partial charge is 0.406 e. The summed E-state index contributed by atoms with van der Waals surface area (Å²) in [5.74, 6) is 0.980. The number of aryl methyl sites for hydroxylation is 1. The van der Waals surface area contributed by atoms with Gasteiger partial charge in [0.05, 0.1) is 16.7 Å². The summed E-state index contributed by atoms with van der Waals surface area (Å²) in [6, 6.07) is 14.2. The van der Waals surface area contributed by atoms with Crippen molar-refractivity contribution in [2.24, 2.45) is 18.4 Å². The van der Waals surface area contributed by atoms with E-state index in [-0.39, 0.29) is 17.2 Å². The number of hydrogen-bond donors (Lipinski definition) is 1. The molecule has 0 spiro atoms. The van der Waals surface area contributed by atoms with Crippen LogP contribution in [0.1, 0.15) is 46.1 Å². The van der Waals surface area contributed by atoms with E-state index in [2.05, 4.69) is 58.7 Å². The Morgan fingerprint density at radius 3 is 2.44 bits per heavy atom. The van der Waals surface area contributed by atoms with Gasteiger partial charge in [0.1, 0.15) is 5.75 Å². The molecule has 0 amide bonds. The van der Waals surface area contributed by atoms with Crippen LogP contribution in [0.3, 0.4) is 0 Å². The van der Waals surface area contributed by atoms with Gasteiger partial charge >= 0.3 is 6.36 Å². The van der Waals surface area contributed by atoms with Gasteiger partial charge in [0.2, 0.25) is 5.95 Å². The lowest BCUT2D eigenvalue weighted by atomic mass is 9.70. The minimum atomic E-state index is -4.72. The number of alkyl halides is 3. The van der Waals surface area contributed by atoms with Crippen LogP contribution >= 0.6 is 0 Å². The molecular weight excluding hydrogens is 467 g/mol. The van der Waals surface area contributed by atoms with Crippen molar-refractivity contribution >= 4 is 22.7 Å². The van der Waals surface area contributed by atoms with Crippen LogP contribution in [0.25, 0.3) is 22.3 Å². The molecule has 0 unspecified atom stereocenters. The van der Waals surface area contributed by atoms with Crippen LogP contribution in [0.5, 0.6) is 5.75 Å². The van der Waals surface area contributed by atoms with E-state index in [0.29, 0.717) is 17.6 Å². The van der Waals surface area contributed by atoms with Crippen molar-refractivity contribution in [1.29, 1.82) is 0 Å². The molecule has 2 aromatic carbocycles. The highest BCUT2D eigenvalue weighted by Crippen LogP contribution is 2.46. The minimum Gasteiger partial charge on any atom is -0.406 e. The average Bonchev–Trinajstić information content (AvgIpc) is 3.35. The van der Waals surface area contributed by atoms with E-state index in [9.17, 15) is 13.2 Å². The lowest BCUT2D eigenvalue weighted by Crippen LogP contribution is -2.29. The van der Waals surface area contributed by atoms with Gasteiger partial charge in [0.15, 0.2) is 0 Å². The van der Waals surface area contributed by atoms with Crippen LogP contribution in [0.15, 0.2) is 54.7 Å². The highest BCUT2D eigenvalue weighted by Gasteiger charge is 2.35. The number of benzene rings is 2. The highest BCUT2D eigenvalue weighted by molar-refractivity contribution is 5.84. The molecule has 1 saturated carbocycles. The molecule has 1 fully saturated rings. The summed E-state index contributed by atoms with van der Waals surface area (Å²) in [6.45, 7) is 6.91. The number of halogens is 3. The molecular formula is C27H30F3N5O. The van der Waals surface area contributed by atoms with Crippen LogP contribution in [-0.2, 0) is 7.05 Å². The minimum absolute atomic E-state index is 0.196. The molecule has 2 atom stereocenters. The molecule has 5 rings (SSSR count). The second-order valence-corrected chi connectivity index (χ2v) is 10.6.